The largest absolute Gasteiger partial charge is 0.469 e. The first-order valence-electron chi connectivity index (χ1n) is 5.51. The quantitative estimate of drug-likeness (QED) is 0.891. The van der Waals surface area contributed by atoms with Gasteiger partial charge in [-0.3, -0.25) is 0 Å². The lowest BCUT2D eigenvalue weighted by Crippen LogP contribution is -2.19. The van der Waals surface area contributed by atoms with E-state index in [1.165, 1.54) is 6.20 Å². The highest BCUT2D eigenvalue weighted by molar-refractivity contribution is 5.64. The zero-order valence-electron chi connectivity index (χ0n) is 10.3. The predicted molar refractivity (Wildman–Crippen MR) is 68.9 cm³/mol. The van der Waals surface area contributed by atoms with E-state index in [-0.39, 0.29) is 0 Å². The molecule has 0 saturated carbocycles. The number of furan rings is 1. The Morgan fingerprint density at radius 3 is 2.89 bits per heavy atom. The number of aromatic nitrogens is 1. The molecule has 2 heterocycles. The number of nitriles is 1. The average Bonchev–Trinajstić information content (AvgIpc) is 2.74. The van der Waals surface area contributed by atoms with Crippen molar-refractivity contribution in [1.82, 2.24) is 4.98 Å². The molecule has 2 aromatic rings. The molecule has 5 heteroatoms. The van der Waals surface area contributed by atoms with Gasteiger partial charge in [0.05, 0.1) is 17.5 Å². The molecule has 0 radical (unpaired) electrons. The van der Waals surface area contributed by atoms with Gasteiger partial charge in [-0.15, -0.1) is 0 Å². The van der Waals surface area contributed by atoms with E-state index in [1.54, 1.807) is 12.3 Å². The van der Waals surface area contributed by atoms with Crippen LogP contribution < -0.4 is 10.6 Å². The fraction of sp³-hybridized carbons (Fsp3) is 0.231. The standard InChI is InChI=1S/C13H14N4O/c1-9-11(3-4-18-9)8-17(2)13-12(15)5-10(6-14)7-16-13/h3-5,7H,8,15H2,1-2H3. The van der Waals surface area contributed by atoms with Gasteiger partial charge < -0.3 is 15.1 Å². The van der Waals surface area contributed by atoms with Gasteiger partial charge in [-0.1, -0.05) is 0 Å². The van der Waals surface area contributed by atoms with Crippen molar-refractivity contribution in [3.63, 3.8) is 0 Å². The second kappa shape index (κ2) is 4.80. The third-order valence-corrected chi connectivity index (χ3v) is 2.76. The maximum absolute atomic E-state index is 8.76. The molecule has 2 aromatic heterocycles. The lowest BCUT2D eigenvalue weighted by molar-refractivity contribution is 0.529. The highest BCUT2D eigenvalue weighted by Crippen LogP contribution is 2.22. The maximum atomic E-state index is 8.76. The molecule has 0 saturated heterocycles. The van der Waals surface area contributed by atoms with E-state index in [9.17, 15) is 0 Å². The molecule has 0 amide bonds. The van der Waals surface area contributed by atoms with E-state index in [0.717, 1.165) is 11.3 Å². The van der Waals surface area contributed by atoms with Crippen LogP contribution in [0.4, 0.5) is 11.5 Å². The number of pyridine rings is 1. The number of hydrogen-bond acceptors (Lipinski definition) is 5. The van der Waals surface area contributed by atoms with Gasteiger partial charge >= 0.3 is 0 Å². The van der Waals surface area contributed by atoms with E-state index in [0.29, 0.717) is 23.6 Å². The van der Waals surface area contributed by atoms with Crippen molar-refractivity contribution in [2.45, 2.75) is 13.5 Å². The van der Waals surface area contributed by atoms with Crippen molar-refractivity contribution >= 4 is 11.5 Å². The van der Waals surface area contributed by atoms with E-state index in [4.69, 9.17) is 15.4 Å². The third-order valence-electron chi connectivity index (χ3n) is 2.76. The van der Waals surface area contributed by atoms with Gasteiger partial charge in [0.1, 0.15) is 11.8 Å². The van der Waals surface area contributed by atoms with Crippen molar-refractivity contribution in [1.29, 1.82) is 5.26 Å². The Hall–Kier alpha value is -2.48. The molecule has 0 bridgehead atoms. The molecule has 18 heavy (non-hydrogen) atoms. The molecule has 0 spiro atoms. The lowest BCUT2D eigenvalue weighted by atomic mass is 10.2. The fourth-order valence-corrected chi connectivity index (χ4v) is 1.76. The SMILES string of the molecule is Cc1occc1CN(C)c1ncc(C#N)cc1N. The summed E-state index contributed by atoms with van der Waals surface area (Å²) >= 11 is 0. The number of rotatable bonds is 3. The first-order valence-corrected chi connectivity index (χ1v) is 5.51. The number of aryl methyl sites for hydroxylation is 1. The minimum atomic E-state index is 0.462. The van der Waals surface area contributed by atoms with Crippen LogP contribution in [0.5, 0.6) is 0 Å². The van der Waals surface area contributed by atoms with E-state index < -0.39 is 0 Å². The Balaban J connectivity index is 2.22. The molecule has 0 aromatic carbocycles. The molecule has 2 N–H and O–H groups in total. The van der Waals surface area contributed by atoms with Crippen LogP contribution >= 0.6 is 0 Å². The predicted octanol–water partition coefficient (Wildman–Crippen LogP) is 2.07. The smallest absolute Gasteiger partial charge is 0.151 e. The summed E-state index contributed by atoms with van der Waals surface area (Å²) in [5.41, 5.74) is 7.93. The molecule has 0 aliphatic rings. The van der Waals surface area contributed by atoms with Crippen molar-refractivity contribution in [3.8, 4) is 6.07 Å². The maximum Gasteiger partial charge on any atom is 0.151 e. The summed E-state index contributed by atoms with van der Waals surface area (Å²) in [5.74, 6) is 1.55. The van der Waals surface area contributed by atoms with Crippen molar-refractivity contribution < 1.29 is 4.42 Å². The summed E-state index contributed by atoms with van der Waals surface area (Å²) in [7, 11) is 1.90. The van der Waals surface area contributed by atoms with Crippen LogP contribution in [0.3, 0.4) is 0 Å². The summed E-state index contributed by atoms with van der Waals surface area (Å²) in [6.45, 7) is 2.57. The molecule has 0 aliphatic carbocycles. The van der Waals surface area contributed by atoms with Gasteiger partial charge in [0.25, 0.3) is 0 Å². The lowest BCUT2D eigenvalue weighted by Gasteiger charge is -2.19. The van der Waals surface area contributed by atoms with Crippen molar-refractivity contribution in [3.05, 3.63) is 41.5 Å². The summed E-state index contributed by atoms with van der Waals surface area (Å²) in [6.07, 6.45) is 3.18. The highest BCUT2D eigenvalue weighted by atomic mass is 16.3. The summed E-state index contributed by atoms with van der Waals surface area (Å²) in [5, 5.41) is 8.76. The summed E-state index contributed by atoms with van der Waals surface area (Å²) in [4.78, 5) is 6.13. The summed E-state index contributed by atoms with van der Waals surface area (Å²) < 4.78 is 5.25. The topological polar surface area (TPSA) is 79.1 Å². The van der Waals surface area contributed by atoms with Crippen LogP contribution in [0.1, 0.15) is 16.9 Å². The van der Waals surface area contributed by atoms with Crippen LogP contribution in [0, 0.1) is 18.3 Å². The molecular weight excluding hydrogens is 228 g/mol. The Kier molecular flexibility index (Phi) is 3.20. The molecule has 0 atom stereocenters. The number of nitrogens with two attached hydrogens (primary N) is 1. The fourth-order valence-electron chi connectivity index (χ4n) is 1.76. The van der Waals surface area contributed by atoms with Crippen molar-refractivity contribution in [2.75, 3.05) is 17.7 Å². The number of nitrogen functional groups attached to an aromatic ring is 1. The van der Waals surface area contributed by atoms with Crippen LogP contribution in [0.25, 0.3) is 0 Å². The normalized spacial score (nSPS) is 10.1. The summed E-state index contributed by atoms with van der Waals surface area (Å²) in [6, 6.07) is 5.56. The van der Waals surface area contributed by atoms with Gasteiger partial charge in [0, 0.05) is 25.4 Å². The molecule has 5 nitrogen and oxygen atoms in total. The Morgan fingerprint density at radius 1 is 1.56 bits per heavy atom. The number of hydrogen-bond donors (Lipinski definition) is 1. The van der Waals surface area contributed by atoms with Crippen LogP contribution in [-0.4, -0.2) is 12.0 Å². The van der Waals surface area contributed by atoms with Crippen LogP contribution in [-0.2, 0) is 6.54 Å². The van der Waals surface area contributed by atoms with Gasteiger partial charge in [-0.05, 0) is 19.1 Å². The van der Waals surface area contributed by atoms with Crippen LogP contribution in [0.15, 0.2) is 29.0 Å². The minimum absolute atomic E-state index is 0.462. The Morgan fingerprint density at radius 2 is 2.33 bits per heavy atom. The second-order valence-electron chi connectivity index (χ2n) is 4.11. The molecular formula is C13H14N4O. The van der Waals surface area contributed by atoms with Gasteiger partial charge in [0.2, 0.25) is 0 Å². The molecule has 0 fully saturated rings. The zero-order chi connectivity index (χ0) is 13.1. The first-order chi connectivity index (χ1) is 8.61. The Bertz CT molecular complexity index is 597. The minimum Gasteiger partial charge on any atom is -0.469 e. The molecule has 2 rings (SSSR count). The van der Waals surface area contributed by atoms with Gasteiger partial charge in [-0.25, -0.2) is 4.98 Å². The van der Waals surface area contributed by atoms with E-state index >= 15 is 0 Å². The van der Waals surface area contributed by atoms with E-state index in [1.807, 2.05) is 31.0 Å². The monoisotopic (exact) mass is 242 g/mol. The number of nitrogens with zero attached hydrogens (tertiary/aromatic N) is 3. The highest BCUT2D eigenvalue weighted by Gasteiger charge is 2.10. The van der Waals surface area contributed by atoms with Crippen molar-refractivity contribution in [2.24, 2.45) is 0 Å². The molecule has 0 unspecified atom stereocenters. The first kappa shape index (κ1) is 12.0. The van der Waals surface area contributed by atoms with Crippen LogP contribution in [0.2, 0.25) is 0 Å². The van der Waals surface area contributed by atoms with Gasteiger partial charge in [0.15, 0.2) is 5.82 Å². The average molecular weight is 242 g/mol. The molecule has 92 valence electrons. The Labute approximate surface area is 105 Å². The number of anilines is 2. The third kappa shape index (κ3) is 2.28. The molecule has 0 aliphatic heterocycles. The van der Waals surface area contributed by atoms with E-state index in [2.05, 4.69) is 4.98 Å². The second-order valence-corrected chi connectivity index (χ2v) is 4.11. The zero-order valence-corrected chi connectivity index (χ0v) is 10.3. The van der Waals surface area contributed by atoms with Gasteiger partial charge in [-0.2, -0.15) is 5.26 Å².